The topological polar surface area (TPSA) is 62.3 Å². The molecule has 2 heterocycles. The van der Waals surface area contributed by atoms with Crippen LogP contribution in [0.5, 0.6) is 0 Å². The van der Waals surface area contributed by atoms with Gasteiger partial charge in [0.1, 0.15) is 0 Å². The summed E-state index contributed by atoms with van der Waals surface area (Å²) in [5.74, 6) is -1.26. The van der Waals surface area contributed by atoms with Crippen LogP contribution in [0, 0.1) is 0 Å². The van der Waals surface area contributed by atoms with Crippen LogP contribution in [0.15, 0.2) is 90.1 Å². The maximum atomic E-state index is 13.3. The van der Waals surface area contributed by atoms with Crippen molar-refractivity contribution in [2.75, 3.05) is 0 Å². The number of pyridine rings is 1. The number of benzene rings is 2. The van der Waals surface area contributed by atoms with E-state index in [1.165, 1.54) is 0 Å². The molecule has 5 nitrogen and oxygen atoms in total. The number of aromatic nitrogens is 1. The van der Waals surface area contributed by atoms with Crippen molar-refractivity contribution in [3.05, 3.63) is 107 Å². The van der Waals surface area contributed by atoms with Gasteiger partial charge in [-0.1, -0.05) is 78.5 Å². The number of thioether (sulfide) groups is 1. The fourth-order valence-corrected chi connectivity index (χ4v) is 4.32. The molecule has 0 unspecified atom stereocenters. The second kappa shape index (κ2) is 9.02. The highest BCUT2D eigenvalue weighted by Crippen LogP contribution is 2.32. The van der Waals surface area contributed by atoms with E-state index in [1.807, 2.05) is 66.7 Å². The van der Waals surface area contributed by atoms with Crippen molar-refractivity contribution in [2.24, 2.45) is 0 Å². The Morgan fingerprint density at radius 2 is 1.63 bits per heavy atom. The van der Waals surface area contributed by atoms with Crippen LogP contribution in [0.1, 0.15) is 22.6 Å². The summed E-state index contributed by atoms with van der Waals surface area (Å²) in [6, 6.07) is 22.5. The van der Waals surface area contributed by atoms with Crippen LogP contribution >= 0.6 is 24.0 Å². The molecule has 30 heavy (non-hydrogen) atoms. The zero-order valence-corrected chi connectivity index (χ0v) is 17.4. The average molecular weight is 432 g/mol. The Kier molecular flexibility index (Phi) is 6.02. The van der Waals surface area contributed by atoms with E-state index in [0.717, 1.165) is 33.5 Å². The van der Waals surface area contributed by atoms with E-state index in [0.29, 0.717) is 4.91 Å². The van der Waals surface area contributed by atoms with Gasteiger partial charge >= 0.3 is 0 Å². The van der Waals surface area contributed by atoms with Crippen LogP contribution in [0.4, 0.5) is 0 Å². The summed E-state index contributed by atoms with van der Waals surface area (Å²) in [5.41, 5.74) is 5.17. The van der Waals surface area contributed by atoms with E-state index < -0.39 is 5.92 Å². The summed E-state index contributed by atoms with van der Waals surface area (Å²) in [4.78, 5) is 30.6. The van der Waals surface area contributed by atoms with Crippen LogP contribution < -0.4 is 5.43 Å². The standard InChI is InChI=1S/C23H17N3O2S2/c27-21(20(17-9-3-1-4-10-17)18-11-5-2-6-12-18)25-26-22(28)19(30-23(26)29)14-16-8-7-13-24-15-16/h1-15,20H,(H,25,27)/b19-14+. The zero-order valence-electron chi connectivity index (χ0n) is 15.8. The molecule has 2 aromatic carbocycles. The number of nitrogens with zero attached hydrogens (tertiary/aromatic N) is 2. The van der Waals surface area contributed by atoms with Crippen molar-refractivity contribution in [1.29, 1.82) is 0 Å². The Hall–Kier alpha value is -3.29. The monoisotopic (exact) mass is 431 g/mol. The van der Waals surface area contributed by atoms with Crippen molar-refractivity contribution in [3.63, 3.8) is 0 Å². The first-order valence-electron chi connectivity index (χ1n) is 9.22. The van der Waals surface area contributed by atoms with Gasteiger partial charge in [0.05, 0.1) is 10.8 Å². The quantitative estimate of drug-likeness (QED) is 0.486. The maximum Gasteiger partial charge on any atom is 0.285 e. The first-order valence-corrected chi connectivity index (χ1v) is 10.4. The minimum Gasteiger partial charge on any atom is -0.272 e. The third kappa shape index (κ3) is 4.32. The summed E-state index contributed by atoms with van der Waals surface area (Å²) >= 11 is 6.49. The molecule has 1 aromatic heterocycles. The summed E-state index contributed by atoms with van der Waals surface area (Å²) < 4.78 is 0.281. The lowest BCUT2D eigenvalue weighted by Crippen LogP contribution is -2.46. The fourth-order valence-electron chi connectivity index (χ4n) is 3.14. The molecule has 1 aliphatic heterocycles. The Morgan fingerprint density at radius 3 is 2.20 bits per heavy atom. The molecule has 7 heteroatoms. The summed E-state index contributed by atoms with van der Waals surface area (Å²) in [6.45, 7) is 0. The molecule has 0 saturated carbocycles. The highest BCUT2D eigenvalue weighted by Gasteiger charge is 2.35. The molecule has 0 spiro atoms. The predicted octanol–water partition coefficient (Wildman–Crippen LogP) is 4.15. The van der Waals surface area contributed by atoms with Gasteiger partial charge in [-0.2, -0.15) is 5.01 Å². The van der Waals surface area contributed by atoms with E-state index in [9.17, 15) is 9.59 Å². The summed E-state index contributed by atoms with van der Waals surface area (Å²) in [7, 11) is 0. The maximum absolute atomic E-state index is 13.3. The lowest BCUT2D eigenvalue weighted by molar-refractivity contribution is -0.133. The summed E-state index contributed by atoms with van der Waals surface area (Å²) in [5, 5.41) is 1.14. The Balaban J connectivity index is 1.59. The average Bonchev–Trinajstić information content (AvgIpc) is 3.03. The smallest absolute Gasteiger partial charge is 0.272 e. The molecule has 0 bridgehead atoms. The second-order valence-corrected chi connectivity index (χ2v) is 8.21. The van der Waals surface area contributed by atoms with Crippen LogP contribution in [-0.2, 0) is 9.59 Å². The number of hydrazine groups is 1. The van der Waals surface area contributed by atoms with Crippen molar-refractivity contribution >= 4 is 46.2 Å². The number of thiocarbonyl (C=S) groups is 1. The van der Waals surface area contributed by atoms with Crippen molar-refractivity contribution in [3.8, 4) is 0 Å². The van der Waals surface area contributed by atoms with Crippen LogP contribution in [-0.4, -0.2) is 26.1 Å². The largest absolute Gasteiger partial charge is 0.285 e. The lowest BCUT2D eigenvalue weighted by atomic mass is 9.91. The second-order valence-electron chi connectivity index (χ2n) is 6.53. The van der Waals surface area contributed by atoms with E-state index in [2.05, 4.69) is 10.4 Å². The van der Waals surface area contributed by atoms with Gasteiger partial charge in [0.15, 0.2) is 4.32 Å². The van der Waals surface area contributed by atoms with Gasteiger partial charge in [0, 0.05) is 12.4 Å². The highest BCUT2D eigenvalue weighted by molar-refractivity contribution is 8.26. The van der Waals surface area contributed by atoms with Gasteiger partial charge in [-0.15, -0.1) is 0 Å². The van der Waals surface area contributed by atoms with Crippen molar-refractivity contribution in [1.82, 2.24) is 15.4 Å². The first kappa shape index (κ1) is 20.0. The molecule has 0 radical (unpaired) electrons. The molecule has 148 valence electrons. The van der Waals surface area contributed by atoms with Gasteiger partial charge in [-0.05, 0) is 41.1 Å². The van der Waals surface area contributed by atoms with Gasteiger partial charge in [-0.3, -0.25) is 20.0 Å². The SMILES string of the molecule is O=C(NN1C(=O)/C(=C\c2cccnc2)SC1=S)C(c1ccccc1)c1ccccc1. The zero-order chi connectivity index (χ0) is 20.9. The van der Waals surface area contributed by atoms with Gasteiger partial charge < -0.3 is 0 Å². The van der Waals surface area contributed by atoms with E-state index in [1.54, 1.807) is 24.5 Å². The molecule has 0 atom stereocenters. The first-order chi connectivity index (χ1) is 14.6. The van der Waals surface area contributed by atoms with Crippen LogP contribution in [0.25, 0.3) is 6.08 Å². The summed E-state index contributed by atoms with van der Waals surface area (Å²) in [6.07, 6.45) is 5.03. The van der Waals surface area contributed by atoms with E-state index >= 15 is 0 Å². The lowest BCUT2D eigenvalue weighted by Gasteiger charge is -2.22. The van der Waals surface area contributed by atoms with E-state index in [-0.39, 0.29) is 16.1 Å². The molecular weight excluding hydrogens is 414 g/mol. The minimum atomic E-state index is -0.570. The molecule has 3 aromatic rings. The number of hydrogen-bond acceptors (Lipinski definition) is 5. The fraction of sp³-hybridized carbons (Fsp3) is 0.0435. The number of nitrogens with one attached hydrogen (secondary N) is 1. The molecule has 1 saturated heterocycles. The molecule has 0 aliphatic carbocycles. The molecular formula is C23H17N3O2S2. The predicted molar refractivity (Wildman–Crippen MR) is 122 cm³/mol. The van der Waals surface area contributed by atoms with Gasteiger partial charge in [-0.25, -0.2) is 0 Å². The van der Waals surface area contributed by atoms with Crippen molar-refractivity contribution < 1.29 is 9.59 Å². The third-order valence-electron chi connectivity index (χ3n) is 4.53. The number of carbonyl (C=O) groups is 2. The van der Waals surface area contributed by atoms with Crippen LogP contribution in [0.2, 0.25) is 0 Å². The normalized spacial score (nSPS) is 15.1. The van der Waals surface area contributed by atoms with Crippen molar-refractivity contribution in [2.45, 2.75) is 5.92 Å². The number of hydrogen-bond donors (Lipinski definition) is 1. The van der Waals surface area contributed by atoms with Crippen LogP contribution in [0.3, 0.4) is 0 Å². The molecule has 2 amide bonds. The molecule has 1 fully saturated rings. The van der Waals surface area contributed by atoms with E-state index in [4.69, 9.17) is 12.2 Å². The number of amides is 2. The molecule has 1 aliphatic rings. The van der Waals surface area contributed by atoms with Gasteiger partial charge in [0.25, 0.3) is 11.8 Å². The molecule has 1 N–H and O–H groups in total. The number of rotatable bonds is 5. The Bertz CT molecular complexity index is 1060. The third-order valence-corrected chi connectivity index (χ3v) is 5.83. The highest BCUT2D eigenvalue weighted by atomic mass is 32.2. The molecule has 4 rings (SSSR count). The minimum absolute atomic E-state index is 0.281. The Labute approximate surface area is 183 Å². The number of carbonyl (C=O) groups excluding carboxylic acids is 2. The van der Waals surface area contributed by atoms with Gasteiger partial charge in [0.2, 0.25) is 0 Å². The Morgan fingerprint density at radius 1 is 1.00 bits per heavy atom.